The van der Waals surface area contributed by atoms with Gasteiger partial charge < -0.3 is 15.7 Å². The standard InChI is InChI=1S/C14H26N2O2/c17-11-14(6-2-1-3-7-14)10-16-13(18)12-5-4-8-15-9-12/h12,15,17H,1-11H2,(H,16,18)/t12-/m1/s1. The van der Waals surface area contributed by atoms with Crippen LogP contribution in [0.4, 0.5) is 0 Å². The number of rotatable bonds is 4. The second-order valence-corrected chi connectivity index (χ2v) is 5.98. The van der Waals surface area contributed by atoms with E-state index in [4.69, 9.17) is 0 Å². The Morgan fingerprint density at radius 2 is 2.06 bits per heavy atom. The highest BCUT2D eigenvalue weighted by Gasteiger charge is 2.32. The summed E-state index contributed by atoms with van der Waals surface area (Å²) in [4.78, 5) is 12.1. The van der Waals surface area contributed by atoms with Crippen molar-refractivity contribution >= 4 is 5.91 Å². The van der Waals surface area contributed by atoms with E-state index in [1.807, 2.05) is 0 Å². The zero-order chi connectivity index (χ0) is 12.8. The first-order chi connectivity index (χ1) is 8.76. The summed E-state index contributed by atoms with van der Waals surface area (Å²) in [5.41, 5.74) is -0.0456. The van der Waals surface area contributed by atoms with Crippen molar-refractivity contribution in [2.75, 3.05) is 26.2 Å². The predicted molar refractivity (Wildman–Crippen MR) is 71.2 cm³/mol. The Morgan fingerprint density at radius 3 is 2.67 bits per heavy atom. The van der Waals surface area contributed by atoms with Gasteiger partial charge in [0.2, 0.25) is 5.91 Å². The van der Waals surface area contributed by atoms with Crippen LogP contribution in [-0.4, -0.2) is 37.3 Å². The molecule has 104 valence electrons. The van der Waals surface area contributed by atoms with Crippen molar-refractivity contribution in [3.8, 4) is 0 Å². The third kappa shape index (κ3) is 3.45. The molecule has 1 atom stereocenters. The lowest BCUT2D eigenvalue weighted by Crippen LogP contribution is -2.46. The minimum atomic E-state index is -0.0456. The van der Waals surface area contributed by atoms with Crippen LogP contribution in [0.2, 0.25) is 0 Å². The highest BCUT2D eigenvalue weighted by atomic mass is 16.3. The highest BCUT2D eigenvalue weighted by Crippen LogP contribution is 2.35. The van der Waals surface area contributed by atoms with E-state index in [0.29, 0.717) is 6.54 Å². The molecule has 1 saturated carbocycles. The van der Waals surface area contributed by atoms with Gasteiger partial charge in [0.25, 0.3) is 0 Å². The quantitative estimate of drug-likeness (QED) is 0.702. The van der Waals surface area contributed by atoms with Gasteiger partial charge in [-0.3, -0.25) is 4.79 Å². The van der Waals surface area contributed by atoms with E-state index in [0.717, 1.165) is 38.8 Å². The summed E-state index contributed by atoms with van der Waals surface area (Å²) >= 11 is 0. The van der Waals surface area contributed by atoms with Crippen LogP contribution in [0.5, 0.6) is 0 Å². The molecule has 0 aromatic carbocycles. The maximum absolute atomic E-state index is 12.1. The van der Waals surface area contributed by atoms with E-state index in [2.05, 4.69) is 10.6 Å². The van der Waals surface area contributed by atoms with Gasteiger partial charge in [-0.1, -0.05) is 19.3 Å². The maximum atomic E-state index is 12.1. The number of carbonyl (C=O) groups excluding carboxylic acids is 1. The number of amides is 1. The Labute approximate surface area is 110 Å². The molecule has 18 heavy (non-hydrogen) atoms. The fourth-order valence-electron chi connectivity index (χ4n) is 3.19. The first-order valence-electron chi connectivity index (χ1n) is 7.35. The van der Waals surface area contributed by atoms with E-state index >= 15 is 0 Å². The molecule has 0 aromatic rings. The summed E-state index contributed by atoms with van der Waals surface area (Å²) in [5.74, 6) is 0.290. The summed E-state index contributed by atoms with van der Waals surface area (Å²) in [6.45, 7) is 2.69. The maximum Gasteiger partial charge on any atom is 0.224 e. The molecule has 0 aromatic heterocycles. The van der Waals surface area contributed by atoms with Gasteiger partial charge in [-0.2, -0.15) is 0 Å². The molecule has 1 aliphatic carbocycles. The van der Waals surface area contributed by atoms with Gasteiger partial charge in [0.15, 0.2) is 0 Å². The fourth-order valence-corrected chi connectivity index (χ4v) is 3.19. The van der Waals surface area contributed by atoms with Crippen molar-refractivity contribution in [1.29, 1.82) is 0 Å². The van der Waals surface area contributed by atoms with Gasteiger partial charge in [0.1, 0.15) is 0 Å². The molecule has 2 aliphatic rings. The molecular formula is C14H26N2O2. The molecule has 4 nitrogen and oxygen atoms in total. The third-order valence-electron chi connectivity index (χ3n) is 4.55. The Bertz CT molecular complexity index is 269. The molecular weight excluding hydrogens is 228 g/mol. The van der Waals surface area contributed by atoms with Gasteiger partial charge in [-0.15, -0.1) is 0 Å². The van der Waals surface area contributed by atoms with Crippen molar-refractivity contribution in [2.45, 2.75) is 44.9 Å². The molecule has 1 aliphatic heterocycles. The Balaban J connectivity index is 1.79. The number of carbonyl (C=O) groups is 1. The highest BCUT2D eigenvalue weighted by molar-refractivity contribution is 5.79. The van der Waals surface area contributed by atoms with Gasteiger partial charge >= 0.3 is 0 Å². The fraction of sp³-hybridized carbons (Fsp3) is 0.929. The SMILES string of the molecule is O=C(NCC1(CO)CCCCC1)[C@@H]1CCCNC1. The van der Waals surface area contributed by atoms with Gasteiger partial charge in [-0.25, -0.2) is 0 Å². The monoisotopic (exact) mass is 254 g/mol. The van der Waals surface area contributed by atoms with Crippen molar-refractivity contribution < 1.29 is 9.90 Å². The van der Waals surface area contributed by atoms with E-state index in [1.165, 1.54) is 19.3 Å². The van der Waals surface area contributed by atoms with Gasteiger partial charge in [0.05, 0.1) is 12.5 Å². The number of hydrogen-bond donors (Lipinski definition) is 3. The lowest BCUT2D eigenvalue weighted by atomic mass is 9.74. The molecule has 1 amide bonds. The van der Waals surface area contributed by atoms with Crippen molar-refractivity contribution in [2.24, 2.45) is 11.3 Å². The topological polar surface area (TPSA) is 61.4 Å². The molecule has 0 unspecified atom stereocenters. The van der Waals surface area contributed by atoms with Crippen LogP contribution in [-0.2, 0) is 4.79 Å². The zero-order valence-corrected chi connectivity index (χ0v) is 11.2. The normalized spacial score (nSPS) is 27.7. The van der Waals surface area contributed by atoms with Crippen LogP contribution in [0.1, 0.15) is 44.9 Å². The third-order valence-corrected chi connectivity index (χ3v) is 4.55. The first-order valence-corrected chi connectivity index (χ1v) is 7.35. The largest absolute Gasteiger partial charge is 0.396 e. The smallest absolute Gasteiger partial charge is 0.224 e. The van der Waals surface area contributed by atoms with Crippen LogP contribution in [0.3, 0.4) is 0 Å². The minimum absolute atomic E-state index is 0.0456. The average molecular weight is 254 g/mol. The summed E-state index contributed by atoms with van der Waals surface area (Å²) < 4.78 is 0. The first kappa shape index (κ1) is 13.8. The summed E-state index contributed by atoms with van der Waals surface area (Å²) in [6.07, 6.45) is 7.80. The number of piperidine rings is 1. The zero-order valence-electron chi connectivity index (χ0n) is 11.2. The molecule has 1 saturated heterocycles. The molecule has 0 spiro atoms. The van der Waals surface area contributed by atoms with E-state index in [9.17, 15) is 9.90 Å². The van der Waals surface area contributed by atoms with Crippen LogP contribution >= 0.6 is 0 Å². The van der Waals surface area contributed by atoms with E-state index in [1.54, 1.807) is 0 Å². The molecule has 3 N–H and O–H groups in total. The molecule has 2 fully saturated rings. The van der Waals surface area contributed by atoms with Crippen molar-refractivity contribution in [3.05, 3.63) is 0 Å². The summed E-state index contributed by atoms with van der Waals surface area (Å²) in [7, 11) is 0. The molecule has 1 heterocycles. The predicted octanol–water partition coefficient (Wildman–Crippen LogP) is 1.04. The number of aliphatic hydroxyl groups excluding tert-OH is 1. The lowest BCUT2D eigenvalue weighted by molar-refractivity contribution is -0.126. The average Bonchev–Trinajstić information content (AvgIpc) is 2.47. The van der Waals surface area contributed by atoms with Crippen molar-refractivity contribution in [3.63, 3.8) is 0 Å². The molecule has 0 radical (unpaired) electrons. The summed E-state index contributed by atoms with van der Waals surface area (Å²) in [5, 5.41) is 15.9. The molecule has 0 bridgehead atoms. The molecule has 2 rings (SSSR count). The number of hydrogen-bond acceptors (Lipinski definition) is 3. The van der Waals surface area contributed by atoms with Crippen LogP contribution < -0.4 is 10.6 Å². The number of nitrogens with one attached hydrogen (secondary N) is 2. The Hall–Kier alpha value is -0.610. The summed E-state index contributed by atoms with van der Waals surface area (Å²) in [6, 6.07) is 0. The van der Waals surface area contributed by atoms with E-state index < -0.39 is 0 Å². The van der Waals surface area contributed by atoms with Gasteiger partial charge in [-0.05, 0) is 32.2 Å². The Morgan fingerprint density at radius 1 is 1.28 bits per heavy atom. The lowest BCUT2D eigenvalue weighted by Gasteiger charge is -2.36. The van der Waals surface area contributed by atoms with Crippen LogP contribution in [0, 0.1) is 11.3 Å². The van der Waals surface area contributed by atoms with Gasteiger partial charge in [0, 0.05) is 18.5 Å². The second kappa shape index (κ2) is 6.53. The second-order valence-electron chi connectivity index (χ2n) is 5.98. The van der Waals surface area contributed by atoms with Crippen LogP contribution in [0.15, 0.2) is 0 Å². The van der Waals surface area contributed by atoms with Crippen LogP contribution in [0.25, 0.3) is 0 Å². The minimum Gasteiger partial charge on any atom is -0.396 e. The van der Waals surface area contributed by atoms with Crippen molar-refractivity contribution in [1.82, 2.24) is 10.6 Å². The van der Waals surface area contributed by atoms with E-state index in [-0.39, 0.29) is 23.8 Å². The molecule has 4 heteroatoms. The Kier molecular flexibility index (Phi) is 5.01. The number of aliphatic hydroxyl groups is 1.